The van der Waals surface area contributed by atoms with Crippen LogP contribution in [0.15, 0.2) is 73.1 Å². The van der Waals surface area contributed by atoms with Gasteiger partial charge in [-0.15, -0.1) is 0 Å². The van der Waals surface area contributed by atoms with E-state index in [0.717, 1.165) is 17.7 Å². The number of benzene rings is 2. The van der Waals surface area contributed by atoms with Crippen LogP contribution in [0.3, 0.4) is 0 Å². The van der Waals surface area contributed by atoms with E-state index in [-0.39, 0.29) is 5.91 Å². The van der Waals surface area contributed by atoms with Gasteiger partial charge in [0.1, 0.15) is 17.2 Å². The molecule has 1 heterocycles. The van der Waals surface area contributed by atoms with Crippen LogP contribution < -0.4 is 14.4 Å². The fourth-order valence-corrected chi connectivity index (χ4v) is 2.80. The van der Waals surface area contributed by atoms with Crippen LogP contribution in [0.25, 0.3) is 0 Å². The van der Waals surface area contributed by atoms with Gasteiger partial charge in [-0.1, -0.05) is 43.3 Å². The number of ether oxygens (including phenoxy) is 2. The van der Waals surface area contributed by atoms with Crippen molar-refractivity contribution in [3.05, 3.63) is 78.6 Å². The zero-order valence-corrected chi connectivity index (χ0v) is 16.2. The van der Waals surface area contributed by atoms with Crippen molar-refractivity contribution in [2.45, 2.75) is 26.8 Å². The number of para-hydroxylation sites is 2. The Labute approximate surface area is 165 Å². The van der Waals surface area contributed by atoms with Crippen molar-refractivity contribution in [1.29, 1.82) is 0 Å². The first-order valence-electron chi connectivity index (χ1n) is 9.34. The smallest absolute Gasteiger partial charge is 0.224 e. The molecule has 0 bridgehead atoms. The molecule has 0 saturated heterocycles. The number of carbonyl (C=O) groups is 1. The molecule has 5 nitrogen and oxygen atoms in total. The van der Waals surface area contributed by atoms with Crippen molar-refractivity contribution < 1.29 is 14.3 Å². The third-order valence-electron chi connectivity index (χ3n) is 4.17. The molecule has 144 valence electrons. The molecule has 0 spiro atoms. The molecule has 28 heavy (non-hydrogen) atoms. The van der Waals surface area contributed by atoms with Crippen molar-refractivity contribution in [3.8, 4) is 17.2 Å². The van der Waals surface area contributed by atoms with Gasteiger partial charge in [0.15, 0.2) is 5.75 Å². The number of nitrogens with zero attached hydrogens (tertiary/aromatic N) is 2. The molecular weight excluding hydrogens is 352 g/mol. The summed E-state index contributed by atoms with van der Waals surface area (Å²) in [5.41, 5.74) is 1.55. The Morgan fingerprint density at radius 2 is 1.75 bits per heavy atom. The highest BCUT2D eigenvalue weighted by Crippen LogP contribution is 2.33. The molecule has 1 aromatic heterocycles. The molecule has 3 rings (SSSR count). The molecule has 0 fully saturated rings. The number of pyridine rings is 1. The van der Waals surface area contributed by atoms with Crippen LogP contribution in [-0.4, -0.2) is 17.5 Å². The molecule has 0 aliphatic heterocycles. The van der Waals surface area contributed by atoms with Crippen LogP contribution in [-0.2, 0) is 11.3 Å². The maximum absolute atomic E-state index is 12.5. The van der Waals surface area contributed by atoms with Gasteiger partial charge in [0.2, 0.25) is 5.91 Å². The topological polar surface area (TPSA) is 51.7 Å². The highest BCUT2D eigenvalue weighted by atomic mass is 16.5. The van der Waals surface area contributed by atoms with Gasteiger partial charge in [-0.2, -0.15) is 0 Å². The summed E-state index contributed by atoms with van der Waals surface area (Å²) in [5.74, 6) is 1.95. The van der Waals surface area contributed by atoms with Gasteiger partial charge in [-0.3, -0.25) is 9.78 Å². The van der Waals surface area contributed by atoms with E-state index in [9.17, 15) is 4.79 Å². The SMILES string of the molecule is CCCOc1ccccc1CN(C(C)=O)c1cnccc1Oc1ccccc1. The van der Waals surface area contributed by atoms with E-state index < -0.39 is 0 Å². The first kappa shape index (κ1) is 19.4. The first-order valence-corrected chi connectivity index (χ1v) is 9.34. The lowest BCUT2D eigenvalue weighted by molar-refractivity contribution is -0.116. The highest BCUT2D eigenvalue weighted by Gasteiger charge is 2.19. The molecule has 3 aromatic rings. The molecule has 0 unspecified atom stereocenters. The molecule has 5 heteroatoms. The summed E-state index contributed by atoms with van der Waals surface area (Å²) in [6, 6.07) is 19.0. The van der Waals surface area contributed by atoms with E-state index in [0.29, 0.717) is 30.3 Å². The molecule has 0 atom stereocenters. The van der Waals surface area contributed by atoms with E-state index in [1.165, 1.54) is 6.92 Å². The van der Waals surface area contributed by atoms with Gasteiger partial charge in [0.25, 0.3) is 0 Å². The Bertz CT molecular complexity index is 912. The summed E-state index contributed by atoms with van der Waals surface area (Å²) in [4.78, 5) is 18.3. The summed E-state index contributed by atoms with van der Waals surface area (Å²) in [5, 5.41) is 0. The third-order valence-corrected chi connectivity index (χ3v) is 4.17. The second-order valence-electron chi connectivity index (χ2n) is 6.32. The van der Waals surface area contributed by atoms with Crippen molar-refractivity contribution in [2.75, 3.05) is 11.5 Å². The average Bonchev–Trinajstić information content (AvgIpc) is 2.72. The van der Waals surface area contributed by atoms with Crippen molar-refractivity contribution in [1.82, 2.24) is 4.98 Å². The maximum atomic E-state index is 12.5. The standard InChI is InChI=1S/C23H24N2O3/c1-3-15-27-22-12-8-7-9-19(22)17-25(18(2)26)21-16-24-14-13-23(21)28-20-10-5-4-6-11-20/h4-14,16H,3,15,17H2,1-2H3. The molecule has 0 saturated carbocycles. The van der Waals surface area contributed by atoms with Gasteiger partial charge in [-0.05, 0) is 24.6 Å². The number of carbonyl (C=O) groups excluding carboxylic acids is 1. The summed E-state index contributed by atoms with van der Waals surface area (Å²) in [7, 11) is 0. The Balaban J connectivity index is 1.91. The summed E-state index contributed by atoms with van der Waals surface area (Å²) in [6.45, 7) is 4.60. The Hall–Kier alpha value is -3.34. The van der Waals surface area contributed by atoms with Crippen molar-refractivity contribution in [3.63, 3.8) is 0 Å². The third kappa shape index (κ3) is 4.88. The predicted octanol–water partition coefficient (Wildman–Crippen LogP) is 5.22. The van der Waals surface area contributed by atoms with E-state index in [1.54, 1.807) is 23.4 Å². The number of anilines is 1. The fourth-order valence-electron chi connectivity index (χ4n) is 2.80. The predicted molar refractivity (Wildman–Crippen MR) is 110 cm³/mol. The van der Waals surface area contributed by atoms with Crippen LogP contribution >= 0.6 is 0 Å². The average molecular weight is 376 g/mol. The molecule has 0 aliphatic carbocycles. The van der Waals surface area contributed by atoms with Crippen LogP contribution in [0.4, 0.5) is 5.69 Å². The minimum Gasteiger partial charge on any atom is -0.493 e. The minimum atomic E-state index is -0.101. The highest BCUT2D eigenvalue weighted by molar-refractivity contribution is 5.93. The monoisotopic (exact) mass is 376 g/mol. The van der Waals surface area contributed by atoms with Crippen LogP contribution in [0.5, 0.6) is 17.2 Å². The molecule has 0 N–H and O–H groups in total. The maximum Gasteiger partial charge on any atom is 0.224 e. The fraction of sp³-hybridized carbons (Fsp3) is 0.217. The summed E-state index contributed by atoms with van der Waals surface area (Å²) >= 11 is 0. The van der Waals surface area contributed by atoms with E-state index in [1.807, 2.05) is 54.6 Å². The normalized spacial score (nSPS) is 10.4. The molecule has 2 aromatic carbocycles. The van der Waals surface area contributed by atoms with Crippen LogP contribution in [0, 0.1) is 0 Å². The van der Waals surface area contributed by atoms with Crippen molar-refractivity contribution >= 4 is 11.6 Å². The van der Waals surface area contributed by atoms with Gasteiger partial charge in [0, 0.05) is 24.8 Å². The minimum absolute atomic E-state index is 0.101. The van der Waals surface area contributed by atoms with Crippen LogP contribution in [0.1, 0.15) is 25.8 Å². The van der Waals surface area contributed by atoms with E-state index >= 15 is 0 Å². The zero-order valence-electron chi connectivity index (χ0n) is 16.2. The zero-order chi connectivity index (χ0) is 19.8. The van der Waals surface area contributed by atoms with Crippen LogP contribution in [0.2, 0.25) is 0 Å². The van der Waals surface area contributed by atoms with Crippen molar-refractivity contribution in [2.24, 2.45) is 0 Å². The number of aromatic nitrogens is 1. The molecule has 0 aliphatic rings. The first-order chi connectivity index (χ1) is 13.7. The quantitative estimate of drug-likeness (QED) is 0.541. The molecular formula is C23H24N2O3. The number of hydrogen-bond donors (Lipinski definition) is 0. The molecule has 0 radical (unpaired) electrons. The second kappa shape index (κ2) is 9.55. The lowest BCUT2D eigenvalue weighted by atomic mass is 10.1. The number of amides is 1. The largest absolute Gasteiger partial charge is 0.493 e. The van der Waals surface area contributed by atoms with Gasteiger partial charge in [0.05, 0.1) is 19.3 Å². The van der Waals surface area contributed by atoms with Gasteiger partial charge >= 0.3 is 0 Å². The Morgan fingerprint density at radius 3 is 2.50 bits per heavy atom. The lowest BCUT2D eigenvalue weighted by Crippen LogP contribution is -2.28. The number of hydrogen-bond acceptors (Lipinski definition) is 4. The molecule has 1 amide bonds. The van der Waals surface area contributed by atoms with E-state index in [4.69, 9.17) is 9.47 Å². The second-order valence-corrected chi connectivity index (χ2v) is 6.32. The Morgan fingerprint density at radius 1 is 1.00 bits per heavy atom. The van der Waals surface area contributed by atoms with E-state index in [2.05, 4.69) is 11.9 Å². The van der Waals surface area contributed by atoms with Gasteiger partial charge in [-0.25, -0.2) is 0 Å². The summed E-state index contributed by atoms with van der Waals surface area (Å²) in [6.07, 6.45) is 4.22. The van der Waals surface area contributed by atoms with Gasteiger partial charge < -0.3 is 14.4 Å². The number of rotatable bonds is 8. The summed E-state index contributed by atoms with van der Waals surface area (Å²) < 4.78 is 11.9. The Kier molecular flexibility index (Phi) is 6.63. The lowest BCUT2D eigenvalue weighted by Gasteiger charge is -2.24.